The lowest BCUT2D eigenvalue weighted by Crippen LogP contribution is -2.17. The SMILES string of the molecule is CCCOc1cc(C)ccc1NC(=O)[C@@H]1C[C@@H]1C(=O)O. The van der Waals surface area contributed by atoms with Crippen LogP contribution >= 0.6 is 0 Å². The molecule has 5 heteroatoms. The van der Waals surface area contributed by atoms with E-state index in [1.165, 1.54) is 0 Å². The number of anilines is 1. The van der Waals surface area contributed by atoms with Gasteiger partial charge in [0.05, 0.1) is 24.1 Å². The summed E-state index contributed by atoms with van der Waals surface area (Å²) in [6, 6.07) is 5.54. The number of carbonyl (C=O) groups is 2. The summed E-state index contributed by atoms with van der Waals surface area (Å²) in [6.45, 7) is 4.54. The number of benzene rings is 1. The Morgan fingerprint density at radius 2 is 2.15 bits per heavy atom. The third-order valence-corrected chi connectivity index (χ3v) is 3.30. The molecule has 0 bridgehead atoms. The van der Waals surface area contributed by atoms with Gasteiger partial charge in [-0.05, 0) is 37.5 Å². The molecule has 1 aromatic carbocycles. The third-order valence-electron chi connectivity index (χ3n) is 3.30. The lowest BCUT2D eigenvalue weighted by molar-refractivity contribution is -0.139. The maximum atomic E-state index is 12.0. The molecule has 1 aliphatic carbocycles. The molecule has 1 aliphatic rings. The fourth-order valence-electron chi connectivity index (χ4n) is 2.05. The van der Waals surface area contributed by atoms with E-state index in [2.05, 4.69) is 5.32 Å². The summed E-state index contributed by atoms with van der Waals surface area (Å²) < 4.78 is 5.61. The lowest BCUT2D eigenvalue weighted by atomic mass is 10.2. The topological polar surface area (TPSA) is 75.6 Å². The van der Waals surface area contributed by atoms with Crippen LogP contribution in [-0.4, -0.2) is 23.6 Å². The number of carboxylic acid groups (broad SMARTS) is 1. The van der Waals surface area contributed by atoms with E-state index in [0.29, 0.717) is 24.5 Å². The van der Waals surface area contributed by atoms with Crippen LogP contribution < -0.4 is 10.1 Å². The number of carbonyl (C=O) groups excluding carboxylic acids is 1. The number of hydrogen-bond acceptors (Lipinski definition) is 3. The van der Waals surface area contributed by atoms with E-state index in [1.807, 2.05) is 26.0 Å². The molecule has 1 amide bonds. The van der Waals surface area contributed by atoms with Gasteiger partial charge in [0.25, 0.3) is 0 Å². The minimum atomic E-state index is -0.906. The van der Waals surface area contributed by atoms with Crippen LogP contribution in [0.4, 0.5) is 5.69 Å². The summed E-state index contributed by atoms with van der Waals surface area (Å²) in [7, 11) is 0. The monoisotopic (exact) mass is 277 g/mol. The first-order valence-electron chi connectivity index (χ1n) is 6.80. The maximum Gasteiger partial charge on any atom is 0.307 e. The lowest BCUT2D eigenvalue weighted by Gasteiger charge is -2.12. The summed E-state index contributed by atoms with van der Waals surface area (Å²) in [5, 5.41) is 11.6. The molecule has 5 nitrogen and oxygen atoms in total. The van der Waals surface area contributed by atoms with E-state index >= 15 is 0 Å². The van der Waals surface area contributed by atoms with Gasteiger partial charge in [0.15, 0.2) is 0 Å². The molecule has 0 heterocycles. The highest BCUT2D eigenvalue weighted by Gasteiger charge is 2.48. The van der Waals surface area contributed by atoms with Gasteiger partial charge < -0.3 is 15.2 Å². The summed E-state index contributed by atoms with van der Waals surface area (Å²) in [5.41, 5.74) is 1.65. The fraction of sp³-hybridized carbons (Fsp3) is 0.467. The van der Waals surface area contributed by atoms with Crippen molar-refractivity contribution in [2.45, 2.75) is 26.7 Å². The molecule has 1 aromatic rings. The van der Waals surface area contributed by atoms with Crippen molar-refractivity contribution in [1.29, 1.82) is 0 Å². The molecule has 0 unspecified atom stereocenters. The standard InChI is InChI=1S/C15H19NO4/c1-3-6-20-13-7-9(2)4-5-12(13)16-14(17)10-8-11(10)15(18)19/h4-5,7,10-11H,3,6,8H2,1-2H3,(H,16,17)(H,18,19)/t10-,11+/m1/s1. The number of rotatable bonds is 6. The van der Waals surface area contributed by atoms with Crippen LogP contribution in [-0.2, 0) is 9.59 Å². The van der Waals surface area contributed by atoms with Gasteiger partial charge in [0.1, 0.15) is 5.75 Å². The smallest absolute Gasteiger partial charge is 0.307 e. The van der Waals surface area contributed by atoms with Crippen LogP contribution in [0.15, 0.2) is 18.2 Å². The number of carboxylic acids is 1. The average Bonchev–Trinajstić information content (AvgIpc) is 3.19. The van der Waals surface area contributed by atoms with Crippen molar-refractivity contribution >= 4 is 17.6 Å². The van der Waals surface area contributed by atoms with E-state index < -0.39 is 17.8 Å². The van der Waals surface area contributed by atoms with Gasteiger partial charge in [-0.15, -0.1) is 0 Å². The Morgan fingerprint density at radius 1 is 1.40 bits per heavy atom. The molecular formula is C15H19NO4. The van der Waals surface area contributed by atoms with Crippen molar-refractivity contribution in [1.82, 2.24) is 0 Å². The van der Waals surface area contributed by atoms with Crippen molar-refractivity contribution in [2.24, 2.45) is 11.8 Å². The zero-order chi connectivity index (χ0) is 14.7. The minimum absolute atomic E-state index is 0.248. The molecule has 0 radical (unpaired) electrons. The Morgan fingerprint density at radius 3 is 2.75 bits per heavy atom. The Labute approximate surface area is 117 Å². The van der Waals surface area contributed by atoms with Crippen molar-refractivity contribution in [3.05, 3.63) is 23.8 Å². The molecule has 0 aliphatic heterocycles. The summed E-state index contributed by atoms with van der Waals surface area (Å²) in [5.74, 6) is -1.49. The van der Waals surface area contributed by atoms with Gasteiger partial charge >= 0.3 is 5.97 Å². The first kappa shape index (κ1) is 14.4. The first-order chi connectivity index (χ1) is 9.52. The van der Waals surface area contributed by atoms with Crippen LogP contribution in [0.2, 0.25) is 0 Å². The highest BCUT2D eigenvalue weighted by molar-refractivity contribution is 5.99. The number of aliphatic carboxylic acids is 1. The van der Waals surface area contributed by atoms with Crippen LogP contribution in [0.25, 0.3) is 0 Å². The van der Waals surface area contributed by atoms with E-state index in [4.69, 9.17) is 9.84 Å². The van der Waals surface area contributed by atoms with Crippen molar-refractivity contribution in [3.63, 3.8) is 0 Å². The van der Waals surface area contributed by atoms with Crippen LogP contribution in [0.5, 0.6) is 5.75 Å². The van der Waals surface area contributed by atoms with Gasteiger partial charge in [-0.1, -0.05) is 13.0 Å². The van der Waals surface area contributed by atoms with Crippen molar-refractivity contribution < 1.29 is 19.4 Å². The average molecular weight is 277 g/mol. The number of ether oxygens (including phenoxy) is 1. The van der Waals surface area contributed by atoms with Crippen molar-refractivity contribution in [2.75, 3.05) is 11.9 Å². The second kappa shape index (κ2) is 5.94. The quantitative estimate of drug-likeness (QED) is 0.837. The molecule has 2 N–H and O–H groups in total. The molecule has 20 heavy (non-hydrogen) atoms. The van der Waals surface area contributed by atoms with Gasteiger partial charge in [0.2, 0.25) is 5.91 Å². The number of aryl methyl sites for hydroxylation is 1. The second-order valence-electron chi connectivity index (χ2n) is 5.12. The molecule has 0 saturated heterocycles. The predicted octanol–water partition coefficient (Wildman–Crippen LogP) is 2.44. The molecule has 108 valence electrons. The van der Waals surface area contributed by atoms with Gasteiger partial charge in [-0.2, -0.15) is 0 Å². The van der Waals surface area contributed by atoms with E-state index in [0.717, 1.165) is 12.0 Å². The normalized spacial score (nSPS) is 20.3. The summed E-state index contributed by atoms with van der Waals surface area (Å²) in [6.07, 6.45) is 1.29. The van der Waals surface area contributed by atoms with E-state index in [1.54, 1.807) is 6.07 Å². The molecule has 0 aromatic heterocycles. The molecule has 1 fully saturated rings. The Balaban J connectivity index is 2.05. The number of nitrogens with one attached hydrogen (secondary N) is 1. The van der Waals surface area contributed by atoms with Crippen molar-refractivity contribution in [3.8, 4) is 5.75 Å². The second-order valence-corrected chi connectivity index (χ2v) is 5.12. The number of amides is 1. The Hall–Kier alpha value is -2.04. The third kappa shape index (κ3) is 3.29. The molecule has 2 rings (SSSR count). The van der Waals surface area contributed by atoms with Gasteiger partial charge in [-0.3, -0.25) is 9.59 Å². The fourth-order valence-corrected chi connectivity index (χ4v) is 2.05. The van der Waals surface area contributed by atoms with Crippen LogP contribution in [0.3, 0.4) is 0 Å². The van der Waals surface area contributed by atoms with Gasteiger partial charge in [-0.25, -0.2) is 0 Å². The Bertz CT molecular complexity index is 527. The van der Waals surface area contributed by atoms with E-state index in [9.17, 15) is 9.59 Å². The molecule has 1 saturated carbocycles. The summed E-state index contributed by atoms with van der Waals surface area (Å²) in [4.78, 5) is 22.7. The van der Waals surface area contributed by atoms with E-state index in [-0.39, 0.29) is 5.91 Å². The predicted molar refractivity (Wildman–Crippen MR) is 74.8 cm³/mol. The highest BCUT2D eigenvalue weighted by atomic mass is 16.5. The zero-order valence-corrected chi connectivity index (χ0v) is 11.7. The molecular weight excluding hydrogens is 258 g/mol. The largest absolute Gasteiger partial charge is 0.491 e. The maximum absolute atomic E-state index is 12.0. The molecule has 2 atom stereocenters. The van der Waals surface area contributed by atoms with Gasteiger partial charge in [0, 0.05) is 0 Å². The number of hydrogen-bond donors (Lipinski definition) is 2. The summed E-state index contributed by atoms with van der Waals surface area (Å²) >= 11 is 0. The van der Waals surface area contributed by atoms with Crippen LogP contribution in [0, 0.1) is 18.8 Å². The zero-order valence-electron chi connectivity index (χ0n) is 11.7. The molecule has 0 spiro atoms. The van der Waals surface area contributed by atoms with Crippen LogP contribution in [0.1, 0.15) is 25.3 Å². The Kier molecular flexibility index (Phi) is 4.27. The first-order valence-corrected chi connectivity index (χ1v) is 6.80. The highest BCUT2D eigenvalue weighted by Crippen LogP contribution is 2.40. The minimum Gasteiger partial charge on any atom is -0.491 e.